The van der Waals surface area contributed by atoms with Gasteiger partial charge in [0, 0.05) is 18.7 Å². The number of nitrogens with two attached hydrogens (primary N) is 1. The summed E-state index contributed by atoms with van der Waals surface area (Å²) in [5.41, 5.74) is 7.13. The Morgan fingerprint density at radius 2 is 2.19 bits per heavy atom. The molecule has 112 valence electrons. The Balaban J connectivity index is 2.38. The number of esters is 1. The van der Waals surface area contributed by atoms with Crippen LogP contribution in [0.5, 0.6) is 5.88 Å². The zero-order valence-corrected chi connectivity index (χ0v) is 12.3. The Morgan fingerprint density at radius 1 is 1.43 bits per heavy atom. The van der Waals surface area contributed by atoms with Crippen molar-refractivity contribution >= 4 is 11.8 Å². The minimum atomic E-state index is -0.534. The van der Waals surface area contributed by atoms with Crippen LogP contribution in [0.2, 0.25) is 0 Å². The minimum absolute atomic E-state index is 0.148. The molecule has 0 amide bonds. The summed E-state index contributed by atoms with van der Waals surface area (Å²) in [6.45, 7) is 2.43. The van der Waals surface area contributed by atoms with Gasteiger partial charge >= 0.3 is 5.97 Å². The molecule has 21 heavy (non-hydrogen) atoms. The number of carbonyl (C=O) groups excluding carboxylic acids is 1. The Morgan fingerprint density at radius 3 is 2.81 bits per heavy atom. The SMILES string of the molecule is CCc1nc(C(=O)OC)c(N)n1Cc1ccnc(OC)c1. The molecule has 0 fully saturated rings. The molecular weight excluding hydrogens is 272 g/mol. The van der Waals surface area contributed by atoms with E-state index < -0.39 is 5.97 Å². The van der Waals surface area contributed by atoms with Crippen molar-refractivity contribution in [3.05, 3.63) is 35.4 Å². The number of nitrogens with zero attached hydrogens (tertiary/aromatic N) is 3. The van der Waals surface area contributed by atoms with Gasteiger partial charge in [0.15, 0.2) is 5.69 Å². The summed E-state index contributed by atoms with van der Waals surface area (Å²) in [5, 5.41) is 0. The van der Waals surface area contributed by atoms with Crippen molar-refractivity contribution in [2.24, 2.45) is 0 Å². The maximum atomic E-state index is 11.7. The smallest absolute Gasteiger partial charge is 0.360 e. The second-order valence-corrected chi connectivity index (χ2v) is 4.40. The van der Waals surface area contributed by atoms with Crippen molar-refractivity contribution in [1.29, 1.82) is 0 Å². The van der Waals surface area contributed by atoms with E-state index in [9.17, 15) is 4.79 Å². The van der Waals surface area contributed by atoms with Crippen LogP contribution in [-0.2, 0) is 17.7 Å². The third-order valence-corrected chi connectivity index (χ3v) is 3.13. The van der Waals surface area contributed by atoms with Crippen LogP contribution < -0.4 is 10.5 Å². The lowest BCUT2D eigenvalue weighted by atomic mass is 10.2. The zero-order chi connectivity index (χ0) is 15.4. The fourth-order valence-corrected chi connectivity index (χ4v) is 2.05. The molecule has 0 aromatic carbocycles. The summed E-state index contributed by atoms with van der Waals surface area (Å²) in [6.07, 6.45) is 2.32. The number of nitrogen functional groups attached to an aromatic ring is 1. The van der Waals surface area contributed by atoms with Crippen LogP contribution in [0.25, 0.3) is 0 Å². The topological polar surface area (TPSA) is 92.3 Å². The summed E-state index contributed by atoms with van der Waals surface area (Å²) in [5.74, 6) is 1.02. The molecule has 0 bridgehead atoms. The van der Waals surface area contributed by atoms with Crippen LogP contribution in [-0.4, -0.2) is 34.7 Å². The second kappa shape index (κ2) is 6.25. The van der Waals surface area contributed by atoms with E-state index in [-0.39, 0.29) is 5.69 Å². The molecule has 0 atom stereocenters. The van der Waals surface area contributed by atoms with Gasteiger partial charge in [-0.2, -0.15) is 0 Å². The van der Waals surface area contributed by atoms with E-state index in [0.29, 0.717) is 24.7 Å². The molecule has 2 aromatic rings. The van der Waals surface area contributed by atoms with Crippen LogP contribution in [0.4, 0.5) is 5.82 Å². The minimum Gasteiger partial charge on any atom is -0.481 e. The highest BCUT2D eigenvalue weighted by molar-refractivity contribution is 5.92. The van der Waals surface area contributed by atoms with Gasteiger partial charge in [-0.3, -0.25) is 0 Å². The molecule has 0 saturated heterocycles. The van der Waals surface area contributed by atoms with Gasteiger partial charge in [0.1, 0.15) is 11.6 Å². The highest BCUT2D eigenvalue weighted by Gasteiger charge is 2.20. The van der Waals surface area contributed by atoms with E-state index >= 15 is 0 Å². The van der Waals surface area contributed by atoms with Gasteiger partial charge in [-0.15, -0.1) is 0 Å². The van der Waals surface area contributed by atoms with Crippen LogP contribution in [0.1, 0.15) is 28.8 Å². The zero-order valence-electron chi connectivity index (χ0n) is 12.3. The first-order valence-electron chi connectivity index (χ1n) is 6.52. The van der Waals surface area contributed by atoms with E-state index in [4.69, 9.17) is 15.2 Å². The quantitative estimate of drug-likeness (QED) is 0.834. The monoisotopic (exact) mass is 290 g/mol. The van der Waals surface area contributed by atoms with Gasteiger partial charge in [0.25, 0.3) is 0 Å². The van der Waals surface area contributed by atoms with Crippen LogP contribution >= 0.6 is 0 Å². The maximum absolute atomic E-state index is 11.7. The van der Waals surface area contributed by atoms with Crippen molar-refractivity contribution in [2.75, 3.05) is 20.0 Å². The van der Waals surface area contributed by atoms with Crippen molar-refractivity contribution in [3.8, 4) is 5.88 Å². The molecule has 2 N–H and O–H groups in total. The summed E-state index contributed by atoms with van der Waals surface area (Å²) >= 11 is 0. The van der Waals surface area contributed by atoms with Gasteiger partial charge < -0.3 is 19.8 Å². The first kappa shape index (κ1) is 14.8. The molecule has 0 aliphatic heterocycles. The highest BCUT2D eigenvalue weighted by Crippen LogP contribution is 2.19. The van der Waals surface area contributed by atoms with Crippen LogP contribution in [0, 0.1) is 0 Å². The molecule has 0 radical (unpaired) electrons. The third-order valence-electron chi connectivity index (χ3n) is 3.13. The van der Waals surface area contributed by atoms with Gasteiger partial charge in [-0.25, -0.2) is 14.8 Å². The van der Waals surface area contributed by atoms with Gasteiger partial charge in [0.05, 0.1) is 20.8 Å². The Hall–Kier alpha value is -2.57. The number of hydrogen-bond donors (Lipinski definition) is 1. The van der Waals surface area contributed by atoms with Crippen LogP contribution in [0.15, 0.2) is 18.3 Å². The Labute approximate surface area is 122 Å². The predicted molar refractivity (Wildman–Crippen MR) is 77.2 cm³/mol. The number of carbonyl (C=O) groups is 1. The summed E-state index contributed by atoms with van der Waals surface area (Å²) < 4.78 is 11.6. The summed E-state index contributed by atoms with van der Waals surface area (Å²) in [4.78, 5) is 20.0. The molecule has 7 nitrogen and oxygen atoms in total. The molecule has 0 aliphatic rings. The third kappa shape index (κ3) is 2.96. The first-order valence-corrected chi connectivity index (χ1v) is 6.52. The Bertz CT molecular complexity index is 652. The number of anilines is 1. The van der Waals surface area contributed by atoms with E-state index in [2.05, 4.69) is 9.97 Å². The van der Waals surface area contributed by atoms with Gasteiger partial charge in [-0.05, 0) is 11.6 Å². The van der Waals surface area contributed by atoms with Gasteiger partial charge in [-0.1, -0.05) is 6.92 Å². The largest absolute Gasteiger partial charge is 0.481 e. The fraction of sp³-hybridized carbons (Fsp3) is 0.357. The van der Waals surface area contributed by atoms with Crippen molar-refractivity contribution in [1.82, 2.24) is 14.5 Å². The van der Waals surface area contributed by atoms with E-state index in [1.807, 2.05) is 19.1 Å². The van der Waals surface area contributed by atoms with E-state index in [0.717, 1.165) is 11.4 Å². The lowest BCUT2D eigenvalue weighted by Gasteiger charge is -2.09. The number of imidazole rings is 1. The normalized spacial score (nSPS) is 10.4. The predicted octanol–water partition coefficient (Wildman–Crippen LogP) is 1.27. The number of aromatic nitrogens is 3. The standard InChI is InChI=1S/C14H18N4O3/c1-4-10-17-12(14(19)21-3)13(15)18(10)8-9-5-6-16-11(7-9)20-2/h5-7H,4,8,15H2,1-3H3. The molecular formula is C14H18N4O3. The maximum Gasteiger partial charge on any atom is 0.360 e. The summed E-state index contributed by atoms with van der Waals surface area (Å²) in [7, 11) is 2.87. The number of rotatable bonds is 5. The molecule has 0 aliphatic carbocycles. The average molecular weight is 290 g/mol. The van der Waals surface area contributed by atoms with E-state index in [1.54, 1.807) is 17.9 Å². The van der Waals surface area contributed by atoms with E-state index in [1.165, 1.54) is 7.11 Å². The van der Waals surface area contributed by atoms with Gasteiger partial charge in [0.2, 0.25) is 5.88 Å². The highest BCUT2D eigenvalue weighted by atomic mass is 16.5. The lowest BCUT2D eigenvalue weighted by Crippen LogP contribution is -2.10. The summed E-state index contributed by atoms with van der Waals surface area (Å²) in [6, 6.07) is 3.68. The molecule has 0 unspecified atom stereocenters. The molecule has 2 rings (SSSR count). The molecule has 2 aromatic heterocycles. The average Bonchev–Trinajstić information content (AvgIpc) is 2.83. The fourth-order valence-electron chi connectivity index (χ4n) is 2.05. The molecule has 7 heteroatoms. The van der Waals surface area contributed by atoms with Crippen molar-refractivity contribution in [3.63, 3.8) is 0 Å². The van der Waals surface area contributed by atoms with Crippen molar-refractivity contribution in [2.45, 2.75) is 19.9 Å². The lowest BCUT2D eigenvalue weighted by molar-refractivity contribution is 0.0595. The molecule has 0 spiro atoms. The number of hydrogen-bond acceptors (Lipinski definition) is 6. The van der Waals surface area contributed by atoms with Crippen LogP contribution in [0.3, 0.4) is 0 Å². The molecule has 2 heterocycles. The number of aryl methyl sites for hydroxylation is 1. The molecule has 0 saturated carbocycles. The Kier molecular flexibility index (Phi) is 4.42. The number of pyridine rings is 1. The van der Waals surface area contributed by atoms with Crippen molar-refractivity contribution < 1.29 is 14.3 Å². The first-order chi connectivity index (χ1) is 10.1. The number of ether oxygens (including phenoxy) is 2. The second-order valence-electron chi connectivity index (χ2n) is 4.40. The number of methoxy groups -OCH3 is 2.